The first-order valence-corrected chi connectivity index (χ1v) is 7.33. The third-order valence-electron chi connectivity index (χ3n) is 3.39. The van der Waals surface area contributed by atoms with Gasteiger partial charge in [-0.25, -0.2) is 0 Å². The zero-order chi connectivity index (χ0) is 15.7. The molecule has 0 aromatic heterocycles. The van der Waals surface area contributed by atoms with Crippen LogP contribution in [-0.4, -0.2) is 26.8 Å². The van der Waals surface area contributed by atoms with Gasteiger partial charge in [0.2, 0.25) is 0 Å². The van der Waals surface area contributed by atoms with Crippen molar-refractivity contribution in [2.24, 2.45) is 5.92 Å². The van der Waals surface area contributed by atoms with Gasteiger partial charge in [0.1, 0.15) is 0 Å². The normalized spacial score (nSPS) is 13.4. The highest BCUT2D eigenvalue weighted by Gasteiger charge is 2.30. The van der Waals surface area contributed by atoms with E-state index in [4.69, 9.17) is 4.74 Å². The second-order valence-electron chi connectivity index (χ2n) is 5.25. The van der Waals surface area contributed by atoms with Crippen LogP contribution in [0.2, 0.25) is 0 Å². The minimum Gasteiger partial charge on any atom is -0.383 e. The van der Waals surface area contributed by atoms with Crippen molar-refractivity contribution in [1.29, 1.82) is 0 Å². The van der Waals surface area contributed by atoms with Crippen molar-refractivity contribution in [2.45, 2.75) is 32.4 Å². The molecule has 0 radical (unpaired) electrons. The van der Waals surface area contributed by atoms with Gasteiger partial charge in [-0.3, -0.25) is 0 Å². The summed E-state index contributed by atoms with van der Waals surface area (Å²) in [5.74, 6) is 0.343. The number of ether oxygens (including phenoxy) is 1. The summed E-state index contributed by atoms with van der Waals surface area (Å²) in [6.07, 6.45) is -1.59. The topological polar surface area (TPSA) is 21.3 Å². The predicted molar refractivity (Wildman–Crippen MR) is 78.3 cm³/mol. The number of hydrogen-bond acceptors (Lipinski definition) is 2. The molecule has 0 aliphatic heterocycles. The van der Waals surface area contributed by atoms with Crippen molar-refractivity contribution in [3.8, 4) is 0 Å². The maximum absolute atomic E-state index is 12.7. The Morgan fingerprint density at radius 3 is 2.67 bits per heavy atom. The SMILES string of the molecule is CCCC(CNCCOC)Cc1cccc(C(F)(F)F)c1. The number of benzene rings is 1. The Morgan fingerprint density at radius 2 is 2.05 bits per heavy atom. The molecule has 0 saturated carbocycles. The smallest absolute Gasteiger partial charge is 0.383 e. The van der Waals surface area contributed by atoms with Gasteiger partial charge in [-0.1, -0.05) is 31.5 Å². The first-order chi connectivity index (χ1) is 9.97. The van der Waals surface area contributed by atoms with Crippen molar-refractivity contribution >= 4 is 0 Å². The van der Waals surface area contributed by atoms with Crippen LogP contribution < -0.4 is 5.32 Å². The molecule has 1 rings (SSSR count). The Bertz CT molecular complexity index is 407. The van der Waals surface area contributed by atoms with Crippen LogP contribution in [0.5, 0.6) is 0 Å². The van der Waals surface area contributed by atoms with Gasteiger partial charge in [0.15, 0.2) is 0 Å². The van der Waals surface area contributed by atoms with E-state index in [9.17, 15) is 13.2 Å². The van der Waals surface area contributed by atoms with Crippen molar-refractivity contribution in [1.82, 2.24) is 5.32 Å². The van der Waals surface area contributed by atoms with Crippen LogP contribution in [0.15, 0.2) is 24.3 Å². The van der Waals surface area contributed by atoms with Crippen LogP contribution >= 0.6 is 0 Å². The molecule has 0 fully saturated rings. The van der Waals surface area contributed by atoms with E-state index in [-0.39, 0.29) is 0 Å². The maximum Gasteiger partial charge on any atom is 0.416 e. The van der Waals surface area contributed by atoms with E-state index < -0.39 is 11.7 Å². The quantitative estimate of drug-likeness (QED) is 0.699. The molecular weight excluding hydrogens is 279 g/mol. The molecule has 0 aliphatic rings. The molecule has 1 N–H and O–H groups in total. The lowest BCUT2D eigenvalue weighted by Gasteiger charge is -2.18. The lowest BCUT2D eigenvalue weighted by Crippen LogP contribution is -2.27. The van der Waals surface area contributed by atoms with E-state index in [1.165, 1.54) is 12.1 Å². The molecule has 0 spiro atoms. The van der Waals surface area contributed by atoms with E-state index in [1.54, 1.807) is 13.2 Å². The van der Waals surface area contributed by atoms with Crippen LogP contribution in [-0.2, 0) is 17.3 Å². The van der Waals surface area contributed by atoms with E-state index >= 15 is 0 Å². The van der Waals surface area contributed by atoms with E-state index in [0.29, 0.717) is 18.9 Å². The average molecular weight is 303 g/mol. The highest BCUT2D eigenvalue weighted by Crippen LogP contribution is 2.30. The summed E-state index contributed by atoms with van der Waals surface area (Å²) in [7, 11) is 1.65. The zero-order valence-corrected chi connectivity index (χ0v) is 12.7. The molecular formula is C16H24F3NO. The van der Waals surface area contributed by atoms with Gasteiger partial charge >= 0.3 is 6.18 Å². The molecule has 2 nitrogen and oxygen atoms in total. The first-order valence-electron chi connectivity index (χ1n) is 7.33. The third-order valence-corrected chi connectivity index (χ3v) is 3.39. The van der Waals surface area contributed by atoms with Crippen molar-refractivity contribution in [3.05, 3.63) is 35.4 Å². The Labute approximate surface area is 124 Å². The summed E-state index contributed by atoms with van der Waals surface area (Å²) in [5, 5.41) is 3.29. The minimum atomic E-state index is -4.27. The fourth-order valence-electron chi connectivity index (χ4n) is 2.37. The molecule has 5 heteroatoms. The first kappa shape index (κ1) is 18.0. The second kappa shape index (κ2) is 9.05. The highest BCUT2D eigenvalue weighted by atomic mass is 19.4. The largest absolute Gasteiger partial charge is 0.416 e. The second-order valence-corrected chi connectivity index (χ2v) is 5.25. The molecule has 120 valence electrons. The van der Waals surface area contributed by atoms with Crippen LogP contribution in [0.4, 0.5) is 13.2 Å². The van der Waals surface area contributed by atoms with Crippen LogP contribution in [0.3, 0.4) is 0 Å². The van der Waals surface area contributed by atoms with Crippen LogP contribution in [0.1, 0.15) is 30.9 Å². The van der Waals surface area contributed by atoms with Gasteiger partial charge < -0.3 is 10.1 Å². The van der Waals surface area contributed by atoms with Crippen molar-refractivity contribution < 1.29 is 17.9 Å². The Hall–Kier alpha value is -1.07. The number of nitrogens with one attached hydrogen (secondary N) is 1. The molecule has 0 bridgehead atoms. The molecule has 1 aromatic carbocycles. The lowest BCUT2D eigenvalue weighted by molar-refractivity contribution is -0.137. The predicted octanol–water partition coefficient (Wildman–Crippen LogP) is 3.90. The average Bonchev–Trinajstić information content (AvgIpc) is 2.43. The molecule has 21 heavy (non-hydrogen) atoms. The maximum atomic E-state index is 12.7. The number of methoxy groups -OCH3 is 1. The number of rotatable bonds is 9. The minimum absolute atomic E-state index is 0.343. The number of halogens is 3. The molecule has 1 atom stereocenters. The van der Waals surface area contributed by atoms with Gasteiger partial charge in [0.25, 0.3) is 0 Å². The highest BCUT2D eigenvalue weighted by molar-refractivity contribution is 5.26. The summed E-state index contributed by atoms with van der Waals surface area (Å²) in [5.41, 5.74) is 0.180. The summed E-state index contributed by atoms with van der Waals surface area (Å²) in [4.78, 5) is 0. The fraction of sp³-hybridized carbons (Fsp3) is 0.625. The summed E-state index contributed by atoms with van der Waals surface area (Å²) >= 11 is 0. The molecule has 0 heterocycles. The third kappa shape index (κ3) is 6.96. The summed E-state index contributed by atoms with van der Waals surface area (Å²) in [6.45, 7) is 4.30. The van der Waals surface area contributed by atoms with E-state index in [0.717, 1.165) is 37.6 Å². The Balaban J connectivity index is 2.61. The van der Waals surface area contributed by atoms with Gasteiger partial charge in [-0.05, 0) is 36.9 Å². The zero-order valence-electron chi connectivity index (χ0n) is 12.7. The molecule has 0 amide bonds. The molecule has 0 aliphatic carbocycles. The monoisotopic (exact) mass is 303 g/mol. The molecule has 1 unspecified atom stereocenters. The molecule has 1 aromatic rings. The van der Waals surface area contributed by atoms with E-state index in [2.05, 4.69) is 12.2 Å². The van der Waals surface area contributed by atoms with Gasteiger partial charge in [0, 0.05) is 13.7 Å². The van der Waals surface area contributed by atoms with Gasteiger partial charge in [0.05, 0.1) is 12.2 Å². The Morgan fingerprint density at radius 1 is 1.29 bits per heavy atom. The number of alkyl halides is 3. The number of hydrogen-bond donors (Lipinski definition) is 1. The lowest BCUT2D eigenvalue weighted by atomic mass is 9.94. The van der Waals surface area contributed by atoms with Crippen molar-refractivity contribution in [2.75, 3.05) is 26.8 Å². The fourth-order valence-corrected chi connectivity index (χ4v) is 2.37. The van der Waals surface area contributed by atoms with Crippen molar-refractivity contribution in [3.63, 3.8) is 0 Å². The standard InChI is InChI=1S/C16H24F3NO/c1-3-5-14(12-20-8-9-21-2)10-13-6-4-7-15(11-13)16(17,18)19/h4,6-7,11,14,20H,3,5,8-10,12H2,1-2H3. The Kier molecular flexibility index (Phi) is 7.75. The van der Waals surface area contributed by atoms with E-state index in [1.807, 2.05) is 0 Å². The van der Waals surface area contributed by atoms with Gasteiger partial charge in [-0.15, -0.1) is 0 Å². The molecule has 0 saturated heterocycles. The van der Waals surface area contributed by atoms with Gasteiger partial charge in [-0.2, -0.15) is 13.2 Å². The van der Waals surface area contributed by atoms with Crippen LogP contribution in [0, 0.1) is 5.92 Å². The summed E-state index contributed by atoms with van der Waals surface area (Å²) in [6, 6.07) is 5.64. The van der Waals surface area contributed by atoms with Crippen LogP contribution in [0.25, 0.3) is 0 Å². The summed E-state index contributed by atoms with van der Waals surface area (Å²) < 4.78 is 43.1.